The second kappa shape index (κ2) is 13.4. The van der Waals surface area contributed by atoms with Gasteiger partial charge in [-0.15, -0.1) is 0 Å². The smallest absolute Gasteiger partial charge is 0.354 e. The lowest BCUT2D eigenvalue weighted by atomic mass is 9.61. The van der Waals surface area contributed by atoms with Gasteiger partial charge in [0, 0.05) is 30.1 Å². The van der Waals surface area contributed by atoms with Crippen molar-refractivity contribution in [1.29, 1.82) is 0 Å². The van der Waals surface area contributed by atoms with Gasteiger partial charge in [0.05, 0.1) is 24.4 Å². The number of nitrogens with one attached hydrogen (secondary N) is 2. The third-order valence-electron chi connectivity index (χ3n) is 9.42. The van der Waals surface area contributed by atoms with E-state index < -0.39 is 23.5 Å². The molecule has 1 aromatic heterocycles. The van der Waals surface area contributed by atoms with E-state index in [1.54, 1.807) is 0 Å². The van der Waals surface area contributed by atoms with E-state index in [0.717, 1.165) is 49.6 Å². The number of fused-ring (bicyclic) bond motifs is 1. The highest BCUT2D eigenvalue weighted by Gasteiger charge is 2.35. The second-order valence-corrected chi connectivity index (χ2v) is 13.8. The van der Waals surface area contributed by atoms with Crippen LogP contribution in [0.1, 0.15) is 93.7 Å². The monoisotopic (exact) mass is 639 g/mol. The van der Waals surface area contributed by atoms with Crippen LogP contribution in [0.4, 0.5) is 23.5 Å². The van der Waals surface area contributed by atoms with Crippen LogP contribution < -0.4 is 10.6 Å². The van der Waals surface area contributed by atoms with Crippen molar-refractivity contribution in [1.82, 2.24) is 19.8 Å². The minimum Gasteiger partial charge on any atom is -0.354 e. The highest BCUT2D eigenvalue weighted by Crippen LogP contribution is 2.40. The molecule has 0 unspecified atom stereocenters. The summed E-state index contributed by atoms with van der Waals surface area (Å²) in [4.78, 5) is 33.1. The molecule has 246 valence electrons. The van der Waals surface area contributed by atoms with Gasteiger partial charge in [0.1, 0.15) is 5.82 Å². The Morgan fingerprint density at radius 1 is 1.00 bits per heavy atom. The molecular weight excluding hydrogens is 597 g/mol. The van der Waals surface area contributed by atoms with Crippen molar-refractivity contribution >= 4 is 36.6 Å². The Bertz CT molecular complexity index is 1570. The first-order chi connectivity index (χ1) is 21.6. The summed E-state index contributed by atoms with van der Waals surface area (Å²) in [5.74, 6) is -1.70. The number of piperidine rings is 1. The molecule has 3 aromatic rings. The maximum Gasteiger partial charge on any atom is 0.419 e. The second-order valence-electron chi connectivity index (χ2n) is 13.8. The van der Waals surface area contributed by atoms with Crippen molar-refractivity contribution in [3.8, 4) is 0 Å². The molecule has 7 nitrogen and oxygen atoms in total. The number of aromatic nitrogens is 2. The first-order valence-electron chi connectivity index (χ1n) is 16.1. The zero-order chi connectivity index (χ0) is 33.4. The van der Waals surface area contributed by atoms with Crippen LogP contribution >= 0.6 is 0 Å². The van der Waals surface area contributed by atoms with Gasteiger partial charge in [-0.2, -0.15) is 13.2 Å². The molecule has 12 heteroatoms. The zero-order valence-electron chi connectivity index (χ0n) is 26.9. The summed E-state index contributed by atoms with van der Waals surface area (Å²) in [5, 5.41) is 5.49. The quantitative estimate of drug-likeness (QED) is 0.201. The van der Waals surface area contributed by atoms with E-state index in [1.807, 2.05) is 30.5 Å². The molecule has 1 aliphatic heterocycles. The molecule has 2 N–H and O–H groups in total. The number of imidazole rings is 1. The highest BCUT2D eigenvalue weighted by molar-refractivity contribution is 6.14. The van der Waals surface area contributed by atoms with E-state index in [0.29, 0.717) is 49.3 Å². The fourth-order valence-corrected chi connectivity index (χ4v) is 6.84. The molecule has 0 atom stereocenters. The predicted molar refractivity (Wildman–Crippen MR) is 171 cm³/mol. The van der Waals surface area contributed by atoms with Gasteiger partial charge in [0.2, 0.25) is 11.9 Å². The van der Waals surface area contributed by atoms with E-state index in [9.17, 15) is 27.2 Å². The maximum atomic E-state index is 13.9. The zero-order valence-corrected chi connectivity index (χ0v) is 26.9. The largest absolute Gasteiger partial charge is 0.419 e. The molecule has 2 aromatic carbocycles. The molecule has 0 spiro atoms. The Balaban J connectivity index is 1.42. The standard InChI is InChI=1S/C34H42BF4N5O2/c1-20(2)40-30(45)22-6-9-25(10-7-22)44-29-17-21(19-43-15-13-24(14-16-43)33(3,4)35)5-12-28(29)41-32(44)42-31(46)23-8-11-27(36)26(18-23)34(37,38)39/h5,8,11-12,17-18,20,22,24-25H,6-7,9-10,13-16,19H2,1-4H3,(H,40,45)(H,41,42,46). The lowest BCUT2D eigenvalue weighted by molar-refractivity contribution is -0.140. The topological polar surface area (TPSA) is 79.3 Å². The number of carbonyl (C=O) groups is 2. The number of rotatable bonds is 8. The fourth-order valence-electron chi connectivity index (χ4n) is 6.84. The number of halogens is 4. The molecule has 2 aliphatic rings. The SMILES string of the molecule is [B]C(C)(C)C1CCN(Cc2ccc3nc(NC(=O)c4ccc(F)c(C(F)(F)F)c4)n(C4CCC(C(=O)NC(C)C)CC4)c3c2)CC1. The molecule has 2 amide bonds. The summed E-state index contributed by atoms with van der Waals surface area (Å²) in [5.41, 5.74) is 0.685. The Morgan fingerprint density at radius 3 is 2.28 bits per heavy atom. The van der Waals surface area contributed by atoms with E-state index in [4.69, 9.17) is 7.85 Å². The Morgan fingerprint density at radius 2 is 1.67 bits per heavy atom. The van der Waals surface area contributed by atoms with E-state index in [2.05, 4.69) is 40.4 Å². The van der Waals surface area contributed by atoms with Gasteiger partial charge in [0.15, 0.2) is 0 Å². The number of nitrogens with zero attached hydrogens (tertiary/aromatic N) is 3. The van der Waals surface area contributed by atoms with Crippen molar-refractivity contribution in [3.05, 3.63) is 58.9 Å². The summed E-state index contributed by atoms with van der Waals surface area (Å²) >= 11 is 0. The van der Waals surface area contributed by atoms with Gasteiger partial charge < -0.3 is 9.88 Å². The molecule has 2 fully saturated rings. The molecular formula is C34H42BF4N5O2. The van der Waals surface area contributed by atoms with Crippen LogP contribution in [0.25, 0.3) is 11.0 Å². The summed E-state index contributed by atoms with van der Waals surface area (Å²) in [6.45, 7) is 10.6. The Hall–Kier alpha value is -3.41. The maximum absolute atomic E-state index is 13.9. The molecule has 1 saturated carbocycles. The average Bonchev–Trinajstić information content (AvgIpc) is 3.33. The van der Waals surface area contributed by atoms with Crippen molar-refractivity contribution in [2.75, 3.05) is 18.4 Å². The summed E-state index contributed by atoms with van der Waals surface area (Å²) < 4.78 is 56.0. The molecule has 2 radical (unpaired) electrons. The summed E-state index contributed by atoms with van der Waals surface area (Å²) in [6, 6.07) is 8.10. The summed E-state index contributed by atoms with van der Waals surface area (Å²) in [7, 11) is 6.36. The van der Waals surface area contributed by atoms with Gasteiger partial charge in [-0.05, 0) is 107 Å². The van der Waals surface area contributed by atoms with Crippen LogP contribution in [0.3, 0.4) is 0 Å². The number of benzene rings is 2. The lowest BCUT2D eigenvalue weighted by Crippen LogP contribution is -2.37. The van der Waals surface area contributed by atoms with Crippen LogP contribution in [0, 0.1) is 17.7 Å². The average molecular weight is 640 g/mol. The third-order valence-corrected chi connectivity index (χ3v) is 9.42. The Labute approximate surface area is 268 Å². The molecule has 2 heterocycles. The van der Waals surface area contributed by atoms with Gasteiger partial charge in [0.25, 0.3) is 5.91 Å². The van der Waals surface area contributed by atoms with Crippen LogP contribution in [0.2, 0.25) is 5.31 Å². The number of likely N-dealkylation sites (tertiary alicyclic amines) is 1. The predicted octanol–water partition coefficient (Wildman–Crippen LogP) is 7.28. The van der Waals surface area contributed by atoms with Crippen LogP contribution in [-0.4, -0.2) is 53.2 Å². The first-order valence-corrected chi connectivity index (χ1v) is 16.1. The highest BCUT2D eigenvalue weighted by atomic mass is 19.4. The van der Waals surface area contributed by atoms with Crippen molar-refractivity contribution < 1.29 is 27.2 Å². The number of amides is 2. The lowest BCUT2D eigenvalue weighted by Gasteiger charge is -2.39. The van der Waals surface area contributed by atoms with Crippen LogP contribution in [-0.2, 0) is 17.5 Å². The van der Waals surface area contributed by atoms with Gasteiger partial charge in [-0.1, -0.05) is 25.2 Å². The van der Waals surface area contributed by atoms with E-state index in [1.165, 1.54) is 0 Å². The van der Waals surface area contributed by atoms with Gasteiger partial charge in [-0.3, -0.25) is 19.8 Å². The van der Waals surface area contributed by atoms with Crippen molar-refractivity contribution in [3.63, 3.8) is 0 Å². The molecule has 0 bridgehead atoms. The van der Waals surface area contributed by atoms with Crippen molar-refractivity contribution in [2.45, 2.75) is 96.3 Å². The third kappa shape index (κ3) is 7.75. The van der Waals surface area contributed by atoms with E-state index in [-0.39, 0.29) is 40.7 Å². The number of anilines is 1. The minimum atomic E-state index is -4.94. The molecule has 1 saturated heterocycles. The first kappa shape index (κ1) is 33.9. The number of hydrogen-bond acceptors (Lipinski definition) is 4. The molecule has 1 aliphatic carbocycles. The summed E-state index contributed by atoms with van der Waals surface area (Å²) in [6.07, 6.45) is -0.289. The molecule has 5 rings (SSSR count). The Kier molecular flexibility index (Phi) is 9.87. The number of alkyl halides is 3. The van der Waals surface area contributed by atoms with Gasteiger partial charge in [-0.25, -0.2) is 9.37 Å². The minimum absolute atomic E-state index is 0.0262. The fraction of sp³-hybridized carbons (Fsp3) is 0.559. The van der Waals surface area contributed by atoms with Crippen molar-refractivity contribution in [2.24, 2.45) is 11.8 Å². The number of carbonyl (C=O) groups excluding carboxylic acids is 2. The van der Waals surface area contributed by atoms with Gasteiger partial charge >= 0.3 is 6.18 Å². The normalized spacial score (nSPS) is 20.3. The van der Waals surface area contributed by atoms with E-state index >= 15 is 0 Å². The number of hydrogen-bond donors (Lipinski definition) is 2. The van der Waals surface area contributed by atoms with Crippen LogP contribution in [0.5, 0.6) is 0 Å². The van der Waals surface area contributed by atoms with Crippen LogP contribution in [0.15, 0.2) is 36.4 Å². The molecule has 46 heavy (non-hydrogen) atoms.